The third kappa shape index (κ3) is 3.88. The number of carbonyl (C=O) groups excluding carboxylic acids is 2. The summed E-state index contributed by atoms with van der Waals surface area (Å²) in [5.74, 6) is 0.128. The monoisotopic (exact) mass is 350 g/mol. The van der Waals surface area contributed by atoms with Crippen molar-refractivity contribution in [1.29, 1.82) is 0 Å². The summed E-state index contributed by atoms with van der Waals surface area (Å²) in [7, 11) is 0. The summed E-state index contributed by atoms with van der Waals surface area (Å²) in [4.78, 5) is 31.4. The predicted octanol–water partition coefficient (Wildman–Crippen LogP) is 1.61. The third-order valence-corrected chi connectivity index (χ3v) is 4.27. The first kappa shape index (κ1) is 18.3. The number of H-pyrrole nitrogens is 1. The topological polar surface area (TPSA) is 82.4 Å². The van der Waals surface area contributed by atoms with Gasteiger partial charge in [-0.1, -0.05) is 18.2 Å². The number of piperazine rings is 1. The van der Waals surface area contributed by atoms with E-state index >= 15 is 0 Å². The van der Waals surface area contributed by atoms with Crippen LogP contribution in [0.15, 0.2) is 30.3 Å². The van der Waals surface area contributed by atoms with Gasteiger partial charge in [-0.15, -0.1) is 12.4 Å². The molecule has 2 heterocycles. The van der Waals surface area contributed by atoms with Gasteiger partial charge in [0.25, 0.3) is 5.91 Å². The number of carbonyl (C=O) groups is 2. The Bertz CT molecular complexity index is 674. The highest BCUT2D eigenvalue weighted by atomic mass is 35.5. The van der Waals surface area contributed by atoms with Crippen LogP contribution in [-0.2, 0) is 4.79 Å². The number of aromatic amines is 1. The van der Waals surface area contributed by atoms with Crippen LogP contribution in [0.25, 0.3) is 10.9 Å². The maximum Gasteiger partial charge on any atom is 0.270 e. The first-order chi connectivity index (χ1) is 11.2. The minimum Gasteiger partial charge on any atom is -0.351 e. The minimum absolute atomic E-state index is 0. The highest BCUT2D eigenvalue weighted by molar-refractivity contribution is 5.98. The number of nitrogens with two attached hydrogens (primary N) is 1. The number of hydrogen-bond acceptors (Lipinski definition) is 3. The van der Waals surface area contributed by atoms with E-state index in [9.17, 15) is 9.59 Å². The van der Waals surface area contributed by atoms with E-state index in [2.05, 4.69) is 4.98 Å². The molecule has 6 nitrogen and oxygen atoms in total. The molecule has 2 amide bonds. The van der Waals surface area contributed by atoms with Crippen molar-refractivity contribution >= 4 is 35.1 Å². The molecule has 1 aromatic heterocycles. The second-order valence-corrected chi connectivity index (χ2v) is 5.84. The van der Waals surface area contributed by atoms with Gasteiger partial charge in [0.05, 0.1) is 0 Å². The number of aromatic nitrogens is 1. The van der Waals surface area contributed by atoms with Gasteiger partial charge in [-0.2, -0.15) is 0 Å². The number of nitrogens with zero attached hydrogens (tertiary/aromatic N) is 2. The highest BCUT2D eigenvalue weighted by Gasteiger charge is 2.25. The van der Waals surface area contributed by atoms with E-state index in [0.717, 1.165) is 10.9 Å². The van der Waals surface area contributed by atoms with Crippen LogP contribution >= 0.6 is 12.4 Å². The lowest BCUT2D eigenvalue weighted by atomic mass is 10.2. The Morgan fingerprint density at radius 2 is 1.75 bits per heavy atom. The Morgan fingerprint density at radius 1 is 1.08 bits per heavy atom. The standard InChI is InChI=1S/C17H22N4O2.ClH/c18-7-3-6-16(22)20-8-10-21(11-9-20)17(23)15-12-13-4-1-2-5-14(13)19-15;/h1-2,4-5,12,19H,3,6-11,18H2;1H. The molecule has 1 fully saturated rings. The number of nitrogens with one attached hydrogen (secondary N) is 1. The fourth-order valence-electron chi connectivity index (χ4n) is 2.93. The van der Waals surface area contributed by atoms with E-state index in [4.69, 9.17) is 5.73 Å². The van der Waals surface area contributed by atoms with Gasteiger partial charge in [0.15, 0.2) is 0 Å². The van der Waals surface area contributed by atoms with Crippen LogP contribution in [0.4, 0.5) is 0 Å². The summed E-state index contributed by atoms with van der Waals surface area (Å²) in [5.41, 5.74) is 7.01. The molecule has 1 saturated heterocycles. The van der Waals surface area contributed by atoms with Crippen molar-refractivity contribution in [1.82, 2.24) is 14.8 Å². The van der Waals surface area contributed by atoms with E-state index in [1.165, 1.54) is 0 Å². The lowest BCUT2D eigenvalue weighted by Gasteiger charge is -2.34. The molecular formula is C17H23ClN4O2. The van der Waals surface area contributed by atoms with Crippen LogP contribution < -0.4 is 5.73 Å². The summed E-state index contributed by atoms with van der Waals surface area (Å²) >= 11 is 0. The number of benzene rings is 1. The van der Waals surface area contributed by atoms with Gasteiger partial charge in [-0.3, -0.25) is 9.59 Å². The van der Waals surface area contributed by atoms with E-state index in [-0.39, 0.29) is 24.2 Å². The third-order valence-electron chi connectivity index (χ3n) is 4.27. The summed E-state index contributed by atoms with van der Waals surface area (Å²) < 4.78 is 0. The number of amides is 2. The molecule has 24 heavy (non-hydrogen) atoms. The molecule has 1 aromatic carbocycles. The summed E-state index contributed by atoms with van der Waals surface area (Å²) in [6.45, 7) is 2.86. The Kier molecular flexibility index (Phi) is 6.23. The number of halogens is 1. The van der Waals surface area contributed by atoms with Crippen molar-refractivity contribution in [3.05, 3.63) is 36.0 Å². The molecule has 7 heteroatoms. The van der Waals surface area contributed by atoms with Gasteiger partial charge in [-0.05, 0) is 25.1 Å². The molecule has 3 N–H and O–H groups in total. The van der Waals surface area contributed by atoms with Crippen LogP contribution in [0.2, 0.25) is 0 Å². The second-order valence-electron chi connectivity index (χ2n) is 5.84. The molecule has 0 radical (unpaired) electrons. The van der Waals surface area contributed by atoms with Crippen molar-refractivity contribution in [2.75, 3.05) is 32.7 Å². The smallest absolute Gasteiger partial charge is 0.270 e. The van der Waals surface area contributed by atoms with Crippen molar-refractivity contribution < 1.29 is 9.59 Å². The average Bonchev–Trinajstić information content (AvgIpc) is 3.03. The summed E-state index contributed by atoms with van der Waals surface area (Å²) in [6.07, 6.45) is 1.21. The number of hydrogen-bond donors (Lipinski definition) is 2. The molecular weight excluding hydrogens is 328 g/mol. The predicted molar refractivity (Wildman–Crippen MR) is 96.3 cm³/mol. The van der Waals surface area contributed by atoms with Crippen LogP contribution in [0.3, 0.4) is 0 Å². The molecule has 0 spiro atoms. The molecule has 0 unspecified atom stereocenters. The maximum atomic E-state index is 12.6. The maximum absolute atomic E-state index is 12.6. The van der Waals surface area contributed by atoms with Crippen molar-refractivity contribution in [2.45, 2.75) is 12.8 Å². The Morgan fingerprint density at radius 3 is 2.42 bits per heavy atom. The lowest BCUT2D eigenvalue weighted by Crippen LogP contribution is -2.50. The number of para-hydroxylation sites is 1. The summed E-state index contributed by atoms with van der Waals surface area (Å²) in [6, 6.07) is 9.72. The van der Waals surface area contributed by atoms with Crippen LogP contribution in [0.5, 0.6) is 0 Å². The zero-order chi connectivity index (χ0) is 16.2. The zero-order valence-corrected chi connectivity index (χ0v) is 14.3. The van der Waals surface area contributed by atoms with E-state index in [1.807, 2.05) is 35.2 Å². The van der Waals surface area contributed by atoms with Gasteiger partial charge in [0, 0.05) is 43.5 Å². The normalized spacial score (nSPS) is 14.5. The largest absolute Gasteiger partial charge is 0.351 e. The zero-order valence-electron chi connectivity index (χ0n) is 13.5. The SMILES string of the molecule is Cl.NCCCC(=O)N1CCN(C(=O)c2cc3ccccc3[nH]2)CC1. The van der Waals surface area contributed by atoms with Gasteiger partial charge in [0.2, 0.25) is 5.91 Å². The van der Waals surface area contributed by atoms with E-state index < -0.39 is 0 Å². The van der Waals surface area contributed by atoms with Crippen LogP contribution in [0.1, 0.15) is 23.3 Å². The van der Waals surface area contributed by atoms with Crippen molar-refractivity contribution in [3.8, 4) is 0 Å². The highest BCUT2D eigenvalue weighted by Crippen LogP contribution is 2.17. The van der Waals surface area contributed by atoms with Crippen LogP contribution in [0, 0.1) is 0 Å². The van der Waals surface area contributed by atoms with Gasteiger partial charge < -0.3 is 20.5 Å². The van der Waals surface area contributed by atoms with Crippen molar-refractivity contribution in [2.24, 2.45) is 5.73 Å². The lowest BCUT2D eigenvalue weighted by molar-refractivity contribution is -0.132. The fourth-order valence-corrected chi connectivity index (χ4v) is 2.93. The molecule has 2 aromatic rings. The van der Waals surface area contributed by atoms with Gasteiger partial charge in [-0.25, -0.2) is 0 Å². The Balaban J connectivity index is 0.00000208. The molecule has 0 atom stereocenters. The second kappa shape index (κ2) is 8.17. The average molecular weight is 351 g/mol. The first-order valence-electron chi connectivity index (χ1n) is 8.04. The van der Waals surface area contributed by atoms with Crippen LogP contribution in [-0.4, -0.2) is 59.3 Å². The molecule has 1 aliphatic heterocycles. The van der Waals surface area contributed by atoms with Gasteiger partial charge in [0.1, 0.15) is 5.69 Å². The molecule has 1 aliphatic rings. The number of rotatable bonds is 4. The molecule has 0 bridgehead atoms. The molecule has 0 aliphatic carbocycles. The summed E-state index contributed by atoms with van der Waals surface area (Å²) in [5, 5.41) is 1.03. The van der Waals surface area contributed by atoms with Crippen molar-refractivity contribution in [3.63, 3.8) is 0 Å². The number of fused-ring (bicyclic) bond motifs is 1. The Labute approximate surface area is 147 Å². The fraction of sp³-hybridized carbons (Fsp3) is 0.412. The molecule has 3 rings (SSSR count). The van der Waals surface area contributed by atoms with E-state index in [0.29, 0.717) is 51.3 Å². The van der Waals surface area contributed by atoms with Gasteiger partial charge >= 0.3 is 0 Å². The molecule has 0 saturated carbocycles. The Hall–Kier alpha value is -2.05. The first-order valence-corrected chi connectivity index (χ1v) is 8.04. The quantitative estimate of drug-likeness (QED) is 0.878. The molecule has 130 valence electrons. The van der Waals surface area contributed by atoms with E-state index in [1.54, 1.807) is 4.90 Å². The minimum atomic E-state index is -0.00439.